The van der Waals surface area contributed by atoms with Crippen LogP contribution in [0.1, 0.15) is 63.0 Å². The molecular weight excluding hydrogens is 1170 g/mol. The van der Waals surface area contributed by atoms with Gasteiger partial charge in [-0.15, -0.1) is 0 Å². The van der Waals surface area contributed by atoms with E-state index in [2.05, 4.69) is 58.1 Å². The lowest BCUT2D eigenvalue weighted by molar-refractivity contribution is -0.143. The zero-order valence-corrected chi connectivity index (χ0v) is 50.3. The Kier molecular flexibility index (Phi) is 38.8. The second kappa shape index (κ2) is 46.0. The molecule has 10 amide bonds. The molecule has 0 spiro atoms. The smallest absolute Gasteiger partial charge is 0.329 e. The first kappa shape index (κ1) is 75.1. The molecule has 1 aliphatic rings. The highest BCUT2D eigenvalue weighted by Crippen LogP contribution is 2.23. The Bertz CT molecular complexity index is 2510. The van der Waals surface area contributed by atoms with Crippen molar-refractivity contribution in [3.63, 3.8) is 0 Å². The molecule has 31 heteroatoms. The first-order valence-corrected chi connectivity index (χ1v) is 29.4. The average Bonchev–Trinajstić information content (AvgIpc) is 3.72. The van der Waals surface area contributed by atoms with Crippen LogP contribution in [-0.2, 0) is 98.8 Å². The van der Waals surface area contributed by atoms with Gasteiger partial charge in [0.15, 0.2) is 0 Å². The SMILES string of the molecule is CCOCCC(=O)NC1CCC(N(CCOCCOCCC(=O)NCC(=O)NCC(=O)N[C@@H](Cc2ccccc2)C(=O)NCC(=O)O)CCOCCOCCC(=O)NCC(=O)NCC(=O)N[C@@H](Cc2ccccc2)C(=O)NCC(=O)NCOCC(=O)O)CC1. The molecule has 1 fully saturated rings. The minimum Gasteiger partial charge on any atom is -0.480 e. The molecule has 3 rings (SSSR count). The molecule has 0 bridgehead atoms. The molecule has 0 saturated heterocycles. The summed E-state index contributed by atoms with van der Waals surface area (Å²) in [6.45, 7) is 1.64. The third-order valence-electron chi connectivity index (χ3n) is 13.1. The minimum atomic E-state index is -1.26. The van der Waals surface area contributed by atoms with E-state index in [-0.39, 0.29) is 83.3 Å². The van der Waals surface area contributed by atoms with E-state index >= 15 is 0 Å². The Morgan fingerprint density at radius 2 is 0.843 bits per heavy atom. The maximum atomic E-state index is 13.0. The summed E-state index contributed by atoms with van der Waals surface area (Å²) in [6, 6.07) is 15.5. The highest BCUT2D eigenvalue weighted by atomic mass is 16.5. The van der Waals surface area contributed by atoms with Crippen LogP contribution >= 0.6 is 0 Å². The molecule has 1 aliphatic carbocycles. The number of nitrogens with one attached hydrogen (secondary N) is 10. The largest absolute Gasteiger partial charge is 0.480 e. The minimum absolute atomic E-state index is 0.0431. The van der Waals surface area contributed by atoms with Crippen molar-refractivity contribution in [1.29, 1.82) is 0 Å². The van der Waals surface area contributed by atoms with Gasteiger partial charge in [0.2, 0.25) is 59.1 Å². The van der Waals surface area contributed by atoms with Crippen LogP contribution in [-0.4, -0.2) is 242 Å². The summed E-state index contributed by atoms with van der Waals surface area (Å²) >= 11 is 0. The van der Waals surface area contributed by atoms with Crippen molar-refractivity contribution < 1.29 is 96.2 Å². The zero-order valence-electron chi connectivity index (χ0n) is 50.3. The highest BCUT2D eigenvalue weighted by molar-refractivity contribution is 5.94. The molecule has 89 heavy (non-hydrogen) atoms. The van der Waals surface area contributed by atoms with E-state index < -0.39 is 130 Å². The van der Waals surface area contributed by atoms with Crippen molar-refractivity contribution in [1.82, 2.24) is 58.1 Å². The Morgan fingerprint density at radius 1 is 0.438 bits per heavy atom. The number of nitrogens with zero attached hydrogens (tertiary/aromatic N) is 1. The van der Waals surface area contributed by atoms with Crippen LogP contribution in [0.2, 0.25) is 0 Å². The number of amides is 10. The normalized spacial score (nSPS) is 14.2. The number of rotatable bonds is 48. The van der Waals surface area contributed by atoms with E-state index in [0.29, 0.717) is 57.1 Å². The monoisotopic (exact) mass is 1260 g/mol. The van der Waals surface area contributed by atoms with Gasteiger partial charge >= 0.3 is 11.9 Å². The van der Waals surface area contributed by atoms with Gasteiger partial charge in [-0.1, -0.05) is 60.7 Å². The fourth-order valence-corrected chi connectivity index (χ4v) is 8.54. The van der Waals surface area contributed by atoms with Crippen molar-refractivity contribution in [3.05, 3.63) is 71.8 Å². The lowest BCUT2D eigenvalue weighted by Crippen LogP contribution is -2.52. The molecule has 0 heterocycles. The number of benzene rings is 2. The molecule has 2 atom stereocenters. The number of carboxylic acid groups (broad SMARTS) is 2. The summed E-state index contributed by atoms with van der Waals surface area (Å²) < 4.78 is 32.9. The van der Waals surface area contributed by atoms with Crippen LogP contribution in [0.25, 0.3) is 0 Å². The topological polar surface area (TPSA) is 424 Å². The lowest BCUT2D eigenvalue weighted by Gasteiger charge is -2.37. The van der Waals surface area contributed by atoms with E-state index in [4.69, 9.17) is 38.6 Å². The average molecular weight is 1260 g/mol. The number of carboxylic acids is 2. The molecule has 12 N–H and O–H groups in total. The molecule has 2 aromatic carbocycles. The fourth-order valence-electron chi connectivity index (χ4n) is 8.54. The van der Waals surface area contributed by atoms with Crippen molar-refractivity contribution in [2.75, 3.05) is 132 Å². The quantitative estimate of drug-likeness (QED) is 0.0225. The lowest BCUT2D eigenvalue weighted by atomic mass is 9.90. The zero-order chi connectivity index (χ0) is 64.9. The molecule has 0 aromatic heterocycles. The highest BCUT2D eigenvalue weighted by Gasteiger charge is 2.28. The summed E-state index contributed by atoms with van der Waals surface area (Å²) in [5.41, 5.74) is 1.41. The summed E-state index contributed by atoms with van der Waals surface area (Å²) in [4.78, 5) is 149. The van der Waals surface area contributed by atoms with Crippen molar-refractivity contribution in [2.24, 2.45) is 0 Å². The number of hydrogen-bond acceptors (Lipinski definition) is 19. The van der Waals surface area contributed by atoms with Crippen molar-refractivity contribution in [2.45, 2.75) is 88.9 Å². The van der Waals surface area contributed by atoms with Gasteiger partial charge in [0, 0.05) is 63.9 Å². The number of carbonyl (C=O) groups excluding carboxylic acids is 10. The van der Waals surface area contributed by atoms with Crippen LogP contribution in [0.5, 0.6) is 0 Å². The third kappa shape index (κ3) is 37.3. The van der Waals surface area contributed by atoms with Gasteiger partial charge in [-0.25, -0.2) is 4.79 Å². The number of aliphatic carboxylic acids is 2. The van der Waals surface area contributed by atoms with E-state index in [1.807, 2.05) is 6.92 Å². The number of hydrogen-bond donors (Lipinski definition) is 12. The van der Waals surface area contributed by atoms with Crippen LogP contribution in [0, 0.1) is 0 Å². The van der Waals surface area contributed by atoms with E-state index in [1.165, 1.54) is 0 Å². The predicted octanol–water partition coefficient (Wildman–Crippen LogP) is -3.60. The van der Waals surface area contributed by atoms with Gasteiger partial charge in [0.25, 0.3) is 0 Å². The molecule has 31 nitrogen and oxygen atoms in total. The van der Waals surface area contributed by atoms with Gasteiger partial charge in [-0.2, -0.15) is 0 Å². The van der Waals surface area contributed by atoms with E-state index in [0.717, 1.165) is 25.7 Å². The molecule has 0 radical (unpaired) electrons. The molecule has 0 aliphatic heterocycles. The first-order valence-electron chi connectivity index (χ1n) is 29.4. The molecule has 1 saturated carbocycles. The van der Waals surface area contributed by atoms with Gasteiger partial charge in [0.1, 0.15) is 32.0 Å². The standard InChI is InChI=1S/C58H87N11O20/c1-2-84-22-19-49(72)66-43-13-15-44(16-14-43)69(21-26-88-30-28-86-24-18-48(71)60-34-51(74)62-37-54(77)68-46(58(83)64-38-55(78)79)32-42-11-7-4-8-12-42)20-25-87-29-27-85-23-17-47(70)59-33-50(73)61-36-53(76)67-45(31-41-9-5-3-6-10-41)57(82)63-35-52(75)65-40-89-39-56(80)81/h3-12,43-46H,2,13-40H2,1H3,(H,59,70)(H,60,71)(H,61,73)(H,62,74)(H,63,82)(H,64,83)(H,65,75)(H,66,72)(H,67,76)(H,68,77)(H,78,79)(H,80,81)/t43?,44?,45-,46-/m0/s1. The van der Waals surface area contributed by atoms with Crippen molar-refractivity contribution >= 4 is 71.0 Å². The maximum absolute atomic E-state index is 13.0. The number of ether oxygens (including phenoxy) is 6. The Balaban J connectivity index is 1.31. The van der Waals surface area contributed by atoms with Gasteiger partial charge in [-0.05, 0) is 43.7 Å². The van der Waals surface area contributed by atoms with E-state index in [1.54, 1.807) is 60.7 Å². The summed E-state index contributed by atoms with van der Waals surface area (Å²) in [5, 5.41) is 42.3. The Labute approximate surface area is 516 Å². The predicted molar refractivity (Wildman–Crippen MR) is 316 cm³/mol. The first-order chi connectivity index (χ1) is 42.9. The number of carbonyl (C=O) groups is 12. The fraction of sp³-hybridized carbons (Fsp3) is 0.586. The summed E-state index contributed by atoms with van der Waals surface area (Å²) in [7, 11) is 0. The summed E-state index contributed by atoms with van der Waals surface area (Å²) in [6.07, 6.45) is 3.61. The van der Waals surface area contributed by atoms with Crippen LogP contribution in [0.3, 0.4) is 0 Å². The summed E-state index contributed by atoms with van der Waals surface area (Å²) in [5.74, 6) is -8.27. The third-order valence-corrected chi connectivity index (χ3v) is 13.1. The van der Waals surface area contributed by atoms with Gasteiger partial charge in [0.05, 0.1) is 92.2 Å². The van der Waals surface area contributed by atoms with Crippen LogP contribution < -0.4 is 53.2 Å². The van der Waals surface area contributed by atoms with Crippen molar-refractivity contribution in [3.8, 4) is 0 Å². The molecule has 494 valence electrons. The maximum Gasteiger partial charge on any atom is 0.329 e. The molecular formula is C58H87N11O20. The molecule has 2 aromatic rings. The van der Waals surface area contributed by atoms with E-state index in [9.17, 15) is 57.5 Å². The second-order valence-electron chi connectivity index (χ2n) is 20.0. The van der Waals surface area contributed by atoms with Crippen LogP contribution in [0.15, 0.2) is 60.7 Å². The van der Waals surface area contributed by atoms with Gasteiger partial charge < -0.3 is 91.8 Å². The second-order valence-corrected chi connectivity index (χ2v) is 20.0. The van der Waals surface area contributed by atoms with Crippen LogP contribution in [0.4, 0.5) is 0 Å². The van der Waals surface area contributed by atoms with Gasteiger partial charge in [-0.3, -0.25) is 57.6 Å². The molecule has 0 unspecified atom stereocenters. The Hall–Kier alpha value is -8.20. The Morgan fingerprint density at radius 3 is 1.30 bits per heavy atom.